The molecule has 2 aromatic rings. The third-order valence-corrected chi connectivity index (χ3v) is 11.6. The molecule has 12 nitrogen and oxygen atoms in total. The number of hydrogen-bond acceptors (Lipinski definition) is 7. The number of aromatic nitrogens is 2. The van der Waals surface area contributed by atoms with Crippen LogP contribution < -0.4 is 36.1 Å². The monoisotopic (exact) mass is 757 g/mol. The van der Waals surface area contributed by atoms with Gasteiger partial charge < -0.3 is 36.1 Å². The van der Waals surface area contributed by atoms with Gasteiger partial charge in [0.15, 0.2) is 11.5 Å². The first kappa shape index (κ1) is 36.8. The molecule has 4 aliphatic rings. The number of rotatable bonds is 19. The van der Waals surface area contributed by atoms with Gasteiger partial charge in [0.2, 0.25) is 11.8 Å². The van der Waals surface area contributed by atoms with Gasteiger partial charge >= 0.3 is 6.03 Å². The Morgan fingerprint density at radius 3 is 2.43 bits per heavy atom. The molecule has 1 aliphatic carbocycles. The van der Waals surface area contributed by atoms with Crippen molar-refractivity contribution in [2.24, 2.45) is 0 Å². The highest BCUT2D eigenvalue weighted by Gasteiger charge is 2.42. The van der Waals surface area contributed by atoms with Crippen LogP contribution in [0.5, 0.6) is 11.5 Å². The average Bonchev–Trinajstić information content (AvgIpc) is 3.87. The number of anilines is 1. The van der Waals surface area contributed by atoms with Crippen LogP contribution in [0.25, 0.3) is 22.0 Å². The summed E-state index contributed by atoms with van der Waals surface area (Å²) in [6.07, 6.45) is 5.81. The van der Waals surface area contributed by atoms with Crippen LogP contribution in [0.4, 0.5) is 10.6 Å². The molecule has 3 unspecified atom stereocenters. The van der Waals surface area contributed by atoms with Gasteiger partial charge in [-0.15, -0.1) is 0 Å². The molecule has 3 aliphatic heterocycles. The van der Waals surface area contributed by atoms with Crippen molar-refractivity contribution in [1.82, 2.24) is 31.5 Å². The van der Waals surface area contributed by atoms with E-state index in [1.807, 2.05) is 42.1 Å². The summed E-state index contributed by atoms with van der Waals surface area (Å²) in [5.41, 5.74) is 2.75. The number of carbonyl (C=O) groups is 3. The minimum atomic E-state index is -0.0671. The summed E-state index contributed by atoms with van der Waals surface area (Å²) >= 11 is 14.6. The molecule has 4 amide bonds. The maximum absolute atomic E-state index is 12.3. The zero-order chi connectivity index (χ0) is 35.7. The Bertz CT molecular complexity index is 1780. The molecule has 15 heteroatoms. The van der Waals surface area contributed by atoms with Crippen LogP contribution in [0.2, 0.25) is 10.0 Å². The summed E-state index contributed by atoms with van der Waals surface area (Å²) in [6.45, 7) is 1.95. The quantitative estimate of drug-likeness (QED) is 0.0429. The lowest BCUT2D eigenvalue weighted by molar-refractivity contribution is -0.121. The van der Waals surface area contributed by atoms with Crippen molar-refractivity contribution < 1.29 is 23.9 Å². The van der Waals surface area contributed by atoms with Crippen LogP contribution in [0.15, 0.2) is 36.4 Å². The van der Waals surface area contributed by atoms with Gasteiger partial charge in [-0.3, -0.25) is 19.8 Å². The number of carbonyl (C=O) groups excluding carboxylic acids is 3. The summed E-state index contributed by atoms with van der Waals surface area (Å²) in [5.74, 6) is 3.07. The van der Waals surface area contributed by atoms with Gasteiger partial charge in [0.1, 0.15) is 5.82 Å². The molecular formula is C36H45Cl2N7O5S. The number of urea groups is 1. The van der Waals surface area contributed by atoms with E-state index < -0.39 is 0 Å². The molecule has 0 aromatic heterocycles. The van der Waals surface area contributed by atoms with E-state index >= 15 is 0 Å². The Morgan fingerprint density at radius 2 is 1.67 bits per heavy atom. The van der Waals surface area contributed by atoms with Crippen molar-refractivity contribution in [2.75, 3.05) is 37.9 Å². The molecule has 2 saturated heterocycles. The average molecular weight is 759 g/mol. The largest absolute Gasteiger partial charge is 0.493 e. The van der Waals surface area contributed by atoms with Gasteiger partial charge in [-0.25, -0.2) is 4.79 Å². The lowest BCUT2D eigenvalue weighted by atomic mass is 10.0. The summed E-state index contributed by atoms with van der Waals surface area (Å²) in [4.78, 5) is 36.1. The minimum Gasteiger partial charge on any atom is -0.493 e. The summed E-state index contributed by atoms with van der Waals surface area (Å²) in [7, 11) is 1.61. The van der Waals surface area contributed by atoms with Crippen LogP contribution >= 0.6 is 35.0 Å². The molecule has 2 aromatic carbocycles. The zero-order valence-corrected chi connectivity index (χ0v) is 30.9. The normalized spacial score (nSPS) is 18.0. The molecule has 2 fully saturated rings. The van der Waals surface area contributed by atoms with Crippen molar-refractivity contribution in [1.29, 1.82) is 0 Å². The predicted molar refractivity (Wildman–Crippen MR) is 204 cm³/mol. The summed E-state index contributed by atoms with van der Waals surface area (Å²) < 4.78 is 11.7. The van der Waals surface area contributed by atoms with Crippen molar-refractivity contribution in [3.63, 3.8) is 0 Å². The van der Waals surface area contributed by atoms with E-state index in [1.165, 1.54) is 0 Å². The lowest BCUT2D eigenvalue weighted by Gasteiger charge is -2.16. The van der Waals surface area contributed by atoms with Crippen molar-refractivity contribution >= 4 is 69.4 Å². The fourth-order valence-electron chi connectivity index (χ4n) is 6.67. The third-order valence-electron chi connectivity index (χ3n) is 9.39. The van der Waals surface area contributed by atoms with E-state index in [9.17, 15) is 14.4 Å². The highest BCUT2D eigenvalue weighted by atomic mass is 35.5. The van der Waals surface area contributed by atoms with Crippen LogP contribution in [0, 0.1) is 0 Å². The first-order chi connectivity index (χ1) is 24.8. The van der Waals surface area contributed by atoms with Crippen molar-refractivity contribution in [2.45, 2.75) is 75.2 Å². The SMILES string of the molecule is COc1cc2c3[nH][nH]c(NCc4c(Cl)cccc4Cl)c-3cc2cc1OCCCNC(=O)CCCCNC(=O)CCCCC1SCC2NC(=O)NC21. The Balaban J connectivity index is 0.843. The number of nitrogens with one attached hydrogen (secondary N) is 7. The van der Waals surface area contributed by atoms with Crippen LogP contribution in [0.1, 0.15) is 56.9 Å². The number of hydrogen-bond donors (Lipinski definition) is 7. The smallest absolute Gasteiger partial charge is 0.315 e. The number of ether oxygens (including phenoxy) is 2. The number of methoxy groups -OCH3 is 1. The van der Waals surface area contributed by atoms with E-state index in [2.05, 4.69) is 42.8 Å². The second-order valence-electron chi connectivity index (χ2n) is 12.9. The summed E-state index contributed by atoms with van der Waals surface area (Å²) in [5, 5.41) is 25.3. The second-order valence-corrected chi connectivity index (χ2v) is 15.0. The molecular weight excluding hydrogens is 713 g/mol. The number of benzene rings is 2. The topological polar surface area (TPSA) is 161 Å². The number of H-pyrrole nitrogens is 2. The van der Waals surface area contributed by atoms with Crippen LogP contribution in [0.3, 0.4) is 0 Å². The van der Waals surface area contributed by atoms with E-state index in [0.29, 0.717) is 78.7 Å². The molecule has 0 saturated carbocycles. The van der Waals surface area contributed by atoms with E-state index in [0.717, 1.165) is 64.8 Å². The zero-order valence-electron chi connectivity index (χ0n) is 28.6. The molecule has 3 heterocycles. The van der Waals surface area contributed by atoms with Gasteiger partial charge in [0.05, 0.1) is 31.5 Å². The van der Waals surface area contributed by atoms with E-state index in [-0.39, 0.29) is 29.9 Å². The number of halogens is 2. The Kier molecular flexibility index (Phi) is 12.7. The maximum Gasteiger partial charge on any atom is 0.315 e. The third kappa shape index (κ3) is 9.30. The molecule has 3 atom stereocenters. The van der Waals surface area contributed by atoms with Crippen LogP contribution in [-0.4, -0.2) is 77.9 Å². The fraction of sp³-hybridized carbons (Fsp3) is 0.472. The first-order valence-corrected chi connectivity index (χ1v) is 19.3. The summed E-state index contributed by atoms with van der Waals surface area (Å²) in [6, 6.07) is 11.8. The highest BCUT2D eigenvalue weighted by Crippen LogP contribution is 2.42. The molecule has 51 heavy (non-hydrogen) atoms. The Morgan fingerprint density at radius 1 is 0.922 bits per heavy atom. The molecule has 0 bridgehead atoms. The van der Waals surface area contributed by atoms with Crippen molar-refractivity contribution in [3.8, 4) is 22.8 Å². The molecule has 6 rings (SSSR count). The van der Waals surface area contributed by atoms with E-state index in [4.69, 9.17) is 32.7 Å². The van der Waals surface area contributed by atoms with Gasteiger partial charge in [0.25, 0.3) is 0 Å². The number of fused-ring (bicyclic) bond motifs is 4. The Labute approximate surface area is 311 Å². The molecule has 0 radical (unpaired) electrons. The van der Waals surface area contributed by atoms with Crippen molar-refractivity contribution in [3.05, 3.63) is 52.0 Å². The fourth-order valence-corrected chi connectivity index (χ4v) is 8.74. The highest BCUT2D eigenvalue weighted by molar-refractivity contribution is 8.00. The maximum atomic E-state index is 12.3. The van der Waals surface area contributed by atoms with Gasteiger partial charge in [-0.1, -0.05) is 35.7 Å². The van der Waals surface area contributed by atoms with E-state index in [1.54, 1.807) is 7.11 Å². The lowest BCUT2D eigenvalue weighted by Crippen LogP contribution is -2.36. The first-order valence-electron chi connectivity index (χ1n) is 17.5. The predicted octanol–water partition coefficient (Wildman–Crippen LogP) is 6.43. The van der Waals surface area contributed by atoms with Crippen LogP contribution in [-0.2, 0) is 16.1 Å². The standard InChI is InChI=1S/C36H45Cl2N7O5S/c1-49-28-18-22-21(16-23-33(22)44-45-35(23)41-19-24-25(37)8-6-9-26(24)38)17-29(28)50-15-7-14-40-32(47)12-4-5-13-39-31(46)11-3-2-10-30-34-27(20-51-30)42-36(48)43-34/h6,8-9,16-18,27,30,34,41,44-45H,2-5,7,10-15,19-20H2,1H3,(H,39,46)(H,40,47)(H2,42,43,48). The minimum absolute atomic E-state index is 0.00844. The number of amides is 4. The number of thioether (sulfide) groups is 1. The Hall–Kier alpha value is -3.94. The second kappa shape index (κ2) is 17.5. The van der Waals surface area contributed by atoms with Gasteiger partial charge in [-0.05, 0) is 67.8 Å². The van der Waals surface area contributed by atoms with Gasteiger partial charge in [-0.2, -0.15) is 11.8 Å². The van der Waals surface area contributed by atoms with Gasteiger partial charge in [0, 0.05) is 70.0 Å². The molecule has 274 valence electrons. The number of unbranched alkanes of at least 4 members (excludes halogenated alkanes) is 2. The number of aromatic amines is 2. The molecule has 0 spiro atoms. The molecule has 7 N–H and O–H groups in total.